The molecule has 7 nitrogen and oxygen atoms in total. The third kappa shape index (κ3) is 4.29. The first-order valence-electron chi connectivity index (χ1n) is 9.75. The van der Waals surface area contributed by atoms with Gasteiger partial charge in [-0.05, 0) is 60.8 Å². The molecule has 1 aromatic heterocycles. The SMILES string of the molecule is O=C(NCC1CC(=O)N(c2ccc(N3CCCCC3=O)cc2)C1)c1ccc(Cl)o1. The zero-order valence-electron chi connectivity index (χ0n) is 15.9. The lowest BCUT2D eigenvalue weighted by atomic mass is 10.1. The van der Waals surface area contributed by atoms with Gasteiger partial charge in [0.2, 0.25) is 11.8 Å². The van der Waals surface area contributed by atoms with Crippen molar-refractivity contribution in [2.45, 2.75) is 25.7 Å². The smallest absolute Gasteiger partial charge is 0.287 e. The highest BCUT2D eigenvalue weighted by molar-refractivity contribution is 6.29. The van der Waals surface area contributed by atoms with Crippen LogP contribution in [0.3, 0.4) is 0 Å². The third-order valence-corrected chi connectivity index (χ3v) is 5.55. The number of carbonyl (C=O) groups excluding carboxylic acids is 3. The summed E-state index contributed by atoms with van der Waals surface area (Å²) < 4.78 is 5.09. The Bertz CT molecular complexity index is 924. The maximum atomic E-state index is 12.5. The van der Waals surface area contributed by atoms with Crippen LogP contribution in [0, 0.1) is 5.92 Å². The van der Waals surface area contributed by atoms with E-state index in [1.54, 1.807) is 9.80 Å². The number of anilines is 2. The van der Waals surface area contributed by atoms with Crippen LogP contribution in [0.25, 0.3) is 0 Å². The van der Waals surface area contributed by atoms with Gasteiger partial charge < -0.3 is 19.5 Å². The van der Waals surface area contributed by atoms with Crippen molar-refractivity contribution in [3.05, 3.63) is 47.4 Å². The number of amides is 3. The van der Waals surface area contributed by atoms with Gasteiger partial charge in [-0.2, -0.15) is 0 Å². The van der Waals surface area contributed by atoms with E-state index in [0.717, 1.165) is 30.8 Å². The maximum Gasteiger partial charge on any atom is 0.287 e. The lowest BCUT2D eigenvalue weighted by molar-refractivity contribution is -0.119. The molecule has 3 heterocycles. The van der Waals surface area contributed by atoms with Crippen molar-refractivity contribution in [2.75, 3.05) is 29.4 Å². The molecule has 2 aromatic rings. The molecular formula is C21H22ClN3O4. The minimum atomic E-state index is -0.349. The fourth-order valence-electron chi connectivity index (χ4n) is 3.82. The van der Waals surface area contributed by atoms with Crippen LogP contribution in [0.2, 0.25) is 5.22 Å². The number of hydrogen-bond acceptors (Lipinski definition) is 4. The summed E-state index contributed by atoms with van der Waals surface area (Å²) in [6, 6.07) is 10.6. The number of benzene rings is 1. The lowest BCUT2D eigenvalue weighted by Crippen LogP contribution is -2.35. The molecular weight excluding hydrogens is 394 g/mol. The maximum absolute atomic E-state index is 12.5. The average Bonchev–Trinajstić information content (AvgIpc) is 3.32. The highest BCUT2D eigenvalue weighted by Gasteiger charge is 2.31. The third-order valence-electron chi connectivity index (χ3n) is 5.35. The fourth-order valence-corrected chi connectivity index (χ4v) is 3.97. The Morgan fingerprint density at radius 3 is 2.41 bits per heavy atom. The second-order valence-electron chi connectivity index (χ2n) is 7.41. The molecule has 2 aliphatic heterocycles. The topological polar surface area (TPSA) is 82.9 Å². The molecule has 0 saturated carbocycles. The molecule has 2 saturated heterocycles. The van der Waals surface area contributed by atoms with Crippen molar-refractivity contribution in [3.63, 3.8) is 0 Å². The largest absolute Gasteiger partial charge is 0.440 e. The van der Waals surface area contributed by atoms with Gasteiger partial charge in [0.15, 0.2) is 11.0 Å². The van der Waals surface area contributed by atoms with Crippen LogP contribution < -0.4 is 15.1 Å². The number of nitrogens with one attached hydrogen (secondary N) is 1. The van der Waals surface area contributed by atoms with Gasteiger partial charge in [0, 0.05) is 49.8 Å². The van der Waals surface area contributed by atoms with Crippen LogP contribution in [0.15, 0.2) is 40.8 Å². The predicted molar refractivity (Wildman–Crippen MR) is 109 cm³/mol. The second-order valence-corrected chi connectivity index (χ2v) is 7.78. The van der Waals surface area contributed by atoms with Crippen LogP contribution in [0.5, 0.6) is 0 Å². The number of hydrogen-bond donors (Lipinski definition) is 1. The summed E-state index contributed by atoms with van der Waals surface area (Å²) in [5.74, 6) is -0.0143. The summed E-state index contributed by atoms with van der Waals surface area (Å²) in [5, 5.41) is 2.95. The molecule has 1 N–H and O–H groups in total. The Kier molecular flexibility index (Phi) is 5.58. The zero-order valence-corrected chi connectivity index (χ0v) is 16.7. The summed E-state index contributed by atoms with van der Waals surface area (Å²) >= 11 is 5.69. The molecule has 0 bridgehead atoms. The fraction of sp³-hybridized carbons (Fsp3) is 0.381. The summed E-state index contributed by atoms with van der Waals surface area (Å²) in [7, 11) is 0. The van der Waals surface area contributed by atoms with Gasteiger partial charge in [-0.3, -0.25) is 14.4 Å². The average molecular weight is 416 g/mol. The Morgan fingerprint density at radius 2 is 1.76 bits per heavy atom. The van der Waals surface area contributed by atoms with E-state index in [1.807, 2.05) is 24.3 Å². The summed E-state index contributed by atoms with van der Waals surface area (Å²) in [5.41, 5.74) is 1.67. The van der Waals surface area contributed by atoms with Gasteiger partial charge in [-0.15, -0.1) is 0 Å². The van der Waals surface area contributed by atoms with Crippen LogP contribution in [-0.4, -0.2) is 37.4 Å². The van der Waals surface area contributed by atoms with Gasteiger partial charge in [0.05, 0.1) is 0 Å². The molecule has 1 aromatic carbocycles. The lowest BCUT2D eigenvalue weighted by Gasteiger charge is -2.27. The number of piperidine rings is 1. The predicted octanol–water partition coefficient (Wildman–Crippen LogP) is 3.23. The van der Waals surface area contributed by atoms with E-state index in [1.165, 1.54) is 12.1 Å². The van der Waals surface area contributed by atoms with E-state index >= 15 is 0 Å². The summed E-state index contributed by atoms with van der Waals surface area (Å²) in [4.78, 5) is 40.1. The van der Waals surface area contributed by atoms with Crippen molar-refractivity contribution in [1.29, 1.82) is 0 Å². The number of rotatable bonds is 5. The number of carbonyl (C=O) groups is 3. The van der Waals surface area contributed by atoms with E-state index in [9.17, 15) is 14.4 Å². The van der Waals surface area contributed by atoms with Gasteiger partial charge in [0.25, 0.3) is 5.91 Å². The van der Waals surface area contributed by atoms with Gasteiger partial charge in [-0.25, -0.2) is 0 Å². The molecule has 0 radical (unpaired) electrons. The highest BCUT2D eigenvalue weighted by Crippen LogP contribution is 2.28. The number of furan rings is 1. The first-order valence-corrected chi connectivity index (χ1v) is 10.1. The van der Waals surface area contributed by atoms with Crippen molar-refractivity contribution >= 4 is 40.7 Å². The molecule has 0 spiro atoms. The minimum Gasteiger partial charge on any atom is -0.440 e. The Morgan fingerprint density at radius 1 is 1.03 bits per heavy atom. The number of halogens is 1. The molecule has 3 amide bonds. The van der Waals surface area contributed by atoms with Crippen LogP contribution in [0.1, 0.15) is 36.2 Å². The van der Waals surface area contributed by atoms with Gasteiger partial charge in [0.1, 0.15) is 0 Å². The summed E-state index contributed by atoms with van der Waals surface area (Å²) in [6.45, 7) is 1.64. The standard InChI is InChI=1S/C21H22ClN3O4/c22-18-9-8-17(29-18)21(28)23-12-14-11-20(27)25(13-14)16-6-4-15(5-7-16)24-10-2-1-3-19(24)26/h4-9,14H,1-3,10-13H2,(H,23,28). The molecule has 4 rings (SSSR count). The van der Waals surface area contributed by atoms with E-state index in [2.05, 4.69) is 5.32 Å². The van der Waals surface area contributed by atoms with Gasteiger partial charge in [-0.1, -0.05) is 0 Å². The Labute approximate surface area is 173 Å². The molecule has 2 aliphatic rings. The molecule has 152 valence electrons. The molecule has 1 unspecified atom stereocenters. The van der Waals surface area contributed by atoms with Crippen molar-refractivity contribution in [1.82, 2.24) is 5.32 Å². The quantitative estimate of drug-likeness (QED) is 0.812. The molecule has 0 aliphatic carbocycles. The number of nitrogens with zero attached hydrogens (tertiary/aromatic N) is 2. The molecule has 1 atom stereocenters. The summed E-state index contributed by atoms with van der Waals surface area (Å²) in [6.07, 6.45) is 2.91. The van der Waals surface area contributed by atoms with E-state index < -0.39 is 0 Å². The second kappa shape index (κ2) is 8.29. The monoisotopic (exact) mass is 415 g/mol. The zero-order chi connectivity index (χ0) is 20.4. The van der Waals surface area contributed by atoms with Crippen LogP contribution >= 0.6 is 11.6 Å². The van der Waals surface area contributed by atoms with E-state index in [-0.39, 0.29) is 34.6 Å². The first-order chi connectivity index (χ1) is 14.0. The first kappa shape index (κ1) is 19.5. The molecule has 2 fully saturated rings. The minimum absolute atomic E-state index is 0.0141. The van der Waals surface area contributed by atoms with Crippen LogP contribution in [0.4, 0.5) is 11.4 Å². The van der Waals surface area contributed by atoms with Crippen molar-refractivity contribution in [2.24, 2.45) is 5.92 Å². The van der Waals surface area contributed by atoms with E-state index in [0.29, 0.717) is 25.9 Å². The normalized spacial score (nSPS) is 19.7. The molecule has 29 heavy (non-hydrogen) atoms. The highest BCUT2D eigenvalue weighted by atomic mass is 35.5. The molecule has 8 heteroatoms. The Hall–Kier alpha value is -2.80. The Balaban J connectivity index is 1.35. The van der Waals surface area contributed by atoms with Gasteiger partial charge >= 0.3 is 0 Å². The van der Waals surface area contributed by atoms with Crippen molar-refractivity contribution < 1.29 is 18.8 Å². The van der Waals surface area contributed by atoms with E-state index in [4.69, 9.17) is 16.0 Å². The van der Waals surface area contributed by atoms with Crippen molar-refractivity contribution in [3.8, 4) is 0 Å². The van der Waals surface area contributed by atoms with Crippen LogP contribution in [-0.2, 0) is 9.59 Å².